The van der Waals surface area contributed by atoms with Crippen molar-refractivity contribution in [3.8, 4) is 0 Å². The van der Waals surface area contributed by atoms with Gasteiger partial charge < -0.3 is 21.5 Å². The zero-order valence-electron chi connectivity index (χ0n) is 17.0. The Hall–Kier alpha value is -1.87. The number of aromatic nitrogens is 3. The molecular weight excluding hydrogens is 420 g/mol. The maximum Gasteiger partial charge on any atom is 0.152 e. The molecule has 1 aliphatic heterocycles. The normalized spacial score (nSPS) is 22.2. The minimum Gasteiger partial charge on any atom is -0.390 e. The maximum atomic E-state index is 9.94. The van der Waals surface area contributed by atoms with E-state index in [1.165, 1.54) is 17.3 Å². The summed E-state index contributed by atoms with van der Waals surface area (Å²) in [4.78, 5) is 16.2. The molecule has 1 saturated carbocycles. The predicted molar refractivity (Wildman–Crippen MR) is 121 cm³/mol. The molecule has 2 fully saturated rings. The highest BCUT2D eigenvalue weighted by Gasteiger charge is 2.46. The van der Waals surface area contributed by atoms with E-state index >= 15 is 0 Å². The molecule has 0 bridgehead atoms. The average molecular weight is 447 g/mol. The molecule has 9 heteroatoms. The molecule has 7 nitrogen and oxygen atoms in total. The van der Waals surface area contributed by atoms with Crippen LogP contribution in [-0.2, 0) is 6.61 Å². The molecule has 3 heterocycles. The van der Waals surface area contributed by atoms with E-state index in [1.807, 2.05) is 0 Å². The third-order valence-corrected chi connectivity index (χ3v) is 7.90. The smallest absolute Gasteiger partial charge is 0.152 e. The van der Waals surface area contributed by atoms with Crippen molar-refractivity contribution in [2.75, 3.05) is 23.7 Å². The molecule has 2 aliphatic rings. The zero-order valence-corrected chi connectivity index (χ0v) is 18.6. The second-order valence-corrected chi connectivity index (χ2v) is 9.29. The molecule has 0 unspecified atom stereocenters. The van der Waals surface area contributed by atoms with Gasteiger partial charge in [0.1, 0.15) is 16.5 Å². The molecule has 1 atom stereocenters. The Morgan fingerprint density at radius 1 is 1.37 bits per heavy atom. The van der Waals surface area contributed by atoms with Gasteiger partial charge in [-0.25, -0.2) is 15.0 Å². The number of rotatable bonds is 4. The Bertz CT molecular complexity index is 961. The predicted octanol–water partition coefficient (Wildman–Crippen LogP) is 3.40. The number of anilines is 2. The maximum absolute atomic E-state index is 9.94. The lowest BCUT2D eigenvalue weighted by atomic mass is 9.71. The number of allylic oxidation sites excluding steroid dienone is 1. The van der Waals surface area contributed by atoms with Gasteiger partial charge in [0.15, 0.2) is 5.82 Å². The van der Waals surface area contributed by atoms with Crippen LogP contribution in [0.4, 0.5) is 11.6 Å². The fraction of sp³-hybridized carbons (Fsp3) is 0.476. The highest BCUT2D eigenvalue weighted by atomic mass is 35.5. The summed E-state index contributed by atoms with van der Waals surface area (Å²) in [5.74, 6) is 1.02. The average Bonchev–Trinajstić information content (AvgIpc) is 3.07. The van der Waals surface area contributed by atoms with Crippen molar-refractivity contribution in [1.82, 2.24) is 15.0 Å². The third-order valence-electron chi connectivity index (χ3n) is 6.42. The topological polar surface area (TPSA) is 114 Å². The van der Waals surface area contributed by atoms with Gasteiger partial charge in [-0.15, -0.1) is 0 Å². The van der Waals surface area contributed by atoms with E-state index in [4.69, 9.17) is 23.1 Å². The van der Waals surface area contributed by atoms with Crippen LogP contribution in [0.1, 0.15) is 38.3 Å². The molecule has 0 radical (unpaired) electrons. The Morgan fingerprint density at radius 3 is 2.83 bits per heavy atom. The largest absolute Gasteiger partial charge is 0.390 e. The summed E-state index contributed by atoms with van der Waals surface area (Å²) in [6, 6.07) is 2.01. The second kappa shape index (κ2) is 8.70. The first-order valence-electron chi connectivity index (χ1n) is 10.2. The van der Waals surface area contributed by atoms with Gasteiger partial charge in [-0.2, -0.15) is 0 Å². The number of halogens is 1. The fourth-order valence-electron chi connectivity index (χ4n) is 4.77. The van der Waals surface area contributed by atoms with Crippen LogP contribution in [-0.4, -0.2) is 39.2 Å². The highest BCUT2D eigenvalue weighted by molar-refractivity contribution is 7.99. The molecular formula is C21H27ClN6OS. The van der Waals surface area contributed by atoms with Crippen molar-refractivity contribution in [3.05, 3.63) is 40.8 Å². The van der Waals surface area contributed by atoms with Crippen LogP contribution >= 0.6 is 23.4 Å². The zero-order chi connectivity index (χ0) is 21.3. The van der Waals surface area contributed by atoms with Gasteiger partial charge >= 0.3 is 0 Å². The van der Waals surface area contributed by atoms with Crippen LogP contribution in [0, 0.1) is 5.41 Å². The lowest BCUT2D eigenvalue weighted by Crippen LogP contribution is -2.48. The Kier molecular flexibility index (Phi) is 6.20. The molecule has 1 spiro atoms. The minimum absolute atomic E-state index is 0.117. The molecule has 0 amide bonds. The van der Waals surface area contributed by atoms with Gasteiger partial charge in [0.2, 0.25) is 0 Å². The van der Waals surface area contributed by atoms with Crippen molar-refractivity contribution in [2.24, 2.45) is 11.1 Å². The second-order valence-electron chi connectivity index (χ2n) is 7.85. The highest BCUT2D eigenvalue weighted by Crippen LogP contribution is 2.50. The number of nitrogens with zero attached hydrogens (tertiary/aromatic N) is 4. The van der Waals surface area contributed by atoms with Gasteiger partial charge in [0, 0.05) is 35.6 Å². The van der Waals surface area contributed by atoms with E-state index in [2.05, 4.69) is 32.9 Å². The van der Waals surface area contributed by atoms with Crippen molar-refractivity contribution >= 4 is 35.0 Å². The summed E-state index contributed by atoms with van der Waals surface area (Å²) in [5, 5.41) is 11.0. The van der Waals surface area contributed by atoms with Crippen molar-refractivity contribution in [2.45, 2.75) is 55.2 Å². The molecule has 1 saturated heterocycles. The van der Waals surface area contributed by atoms with Crippen molar-refractivity contribution in [3.63, 3.8) is 0 Å². The molecule has 4 rings (SSSR count). The third kappa shape index (κ3) is 3.77. The summed E-state index contributed by atoms with van der Waals surface area (Å²) in [7, 11) is 0. The summed E-state index contributed by atoms with van der Waals surface area (Å²) in [6.45, 7) is 3.65. The number of hydrogen-bond donors (Lipinski definition) is 3. The molecule has 160 valence electrons. The first kappa shape index (κ1) is 21.4. The summed E-state index contributed by atoms with van der Waals surface area (Å²) in [5.41, 5.74) is 14.5. The van der Waals surface area contributed by atoms with Gasteiger partial charge in [0.05, 0.1) is 17.8 Å². The van der Waals surface area contributed by atoms with E-state index in [1.54, 1.807) is 18.5 Å². The first-order valence-corrected chi connectivity index (χ1v) is 11.4. The lowest BCUT2D eigenvalue weighted by molar-refractivity contribution is 0.244. The Balaban J connectivity index is 1.52. The van der Waals surface area contributed by atoms with Crippen LogP contribution in [0.25, 0.3) is 0 Å². The van der Waals surface area contributed by atoms with Crippen LogP contribution in [0.15, 0.2) is 40.0 Å². The first-order chi connectivity index (χ1) is 14.5. The molecule has 2 aromatic heterocycles. The number of piperidine rings is 1. The summed E-state index contributed by atoms with van der Waals surface area (Å²) < 4.78 is 0. The Morgan fingerprint density at radius 2 is 2.13 bits per heavy atom. The van der Waals surface area contributed by atoms with E-state index in [9.17, 15) is 5.11 Å². The van der Waals surface area contributed by atoms with Crippen LogP contribution in [0.2, 0.25) is 5.02 Å². The van der Waals surface area contributed by atoms with E-state index in [0.29, 0.717) is 15.7 Å². The monoisotopic (exact) mass is 446 g/mol. The van der Waals surface area contributed by atoms with E-state index in [0.717, 1.165) is 49.5 Å². The van der Waals surface area contributed by atoms with Gasteiger partial charge in [-0.1, -0.05) is 35.0 Å². The number of pyridine rings is 1. The standard InChI is InChI=1S/C21H27ClN6OS/c1-2-13-3-4-16(23)21(13)6-9-28(10-7-21)20-14(12-29)27-17(11-26-20)30-15-5-8-25-19(24)18(15)22/h2,5,8,11,16,29H,3-4,6-7,9-10,12,23H2,1H3,(H2,24,25)/b13-2+/t16-/m1/s1. The van der Waals surface area contributed by atoms with Gasteiger partial charge in [0.25, 0.3) is 0 Å². The van der Waals surface area contributed by atoms with Crippen molar-refractivity contribution < 1.29 is 5.11 Å². The number of hydrogen-bond acceptors (Lipinski definition) is 8. The fourth-order valence-corrected chi connectivity index (χ4v) is 5.81. The molecule has 1 aliphatic carbocycles. The number of nitrogen functional groups attached to an aromatic ring is 1. The molecule has 30 heavy (non-hydrogen) atoms. The SMILES string of the molecule is C/C=C1\CC[C@@H](N)C12CCN(c1ncc(Sc3ccnc(N)c3Cl)nc1CO)CC2. The quantitative estimate of drug-likeness (QED) is 0.612. The number of nitrogens with two attached hydrogens (primary N) is 2. The molecule has 5 N–H and O–H groups in total. The van der Waals surface area contributed by atoms with Crippen LogP contribution in [0.3, 0.4) is 0 Å². The van der Waals surface area contributed by atoms with E-state index in [-0.39, 0.29) is 23.9 Å². The van der Waals surface area contributed by atoms with Crippen LogP contribution in [0.5, 0.6) is 0 Å². The van der Waals surface area contributed by atoms with E-state index < -0.39 is 0 Å². The van der Waals surface area contributed by atoms with Crippen LogP contribution < -0.4 is 16.4 Å². The lowest BCUT2D eigenvalue weighted by Gasteiger charge is -2.43. The number of aliphatic hydroxyl groups is 1. The summed E-state index contributed by atoms with van der Waals surface area (Å²) >= 11 is 7.59. The molecule has 0 aromatic carbocycles. The minimum atomic E-state index is -0.176. The van der Waals surface area contributed by atoms with Crippen molar-refractivity contribution in [1.29, 1.82) is 0 Å². The number of aliphatic hydroxyl groups excluding tert-OH is 1. The Labute approximate surface area is 185 Å². The van der Waals surface area contributed by atoms with Gasteiger partial charge in [-0.05, 0) is 38.7 Å². The summed E-state index contributed by atoms with van der Waals surface area (Å²) in [6.07, 6.45) is 9.75. The van der Waals surface area contributed by atoms with Gasteiger partial charge in [-0.3, -0.25) is 0 Å². The molecule has 2 aromatic rings.